The van der Waals surface area contributed by atoms with Crippen LogP contribution in [0, 0.1) is 0 Å². The van der Waals surface area contributed by atoms with Gasteiger partial charge in [0.05, 0.1) is 0 Å². The Bertz CT molecular complexity index is 315. The molecule has 1 heterocycles. The van der Waals surface area contributed by atoms with Gasteiger partial charge in [-0.05, 0) is 25.7 Å². The van der Waals surface area contributed by atoms with Crippen LogP contribution < -0.4 is 0 Å². The Morgan fingerprint density at radius 2 is 1.82 bits per heavy atom. The van der Waals surface area contributed by atoms with Crippen molar-refractivity contribution in [1.29, 1.82) is 0 Å². The summed E-state index contributed by atoms with van der Waals surface area (Å²) in [4.78, 5) is 34.4. The van der Waals surface area contributed by atoms with E-state index in [2.05, 4.69) is 0 Å². The van der Waals surface area contributed by atoms with Crippen molar-refractivity contribution in [3.63, 3.8) is 0 Å². The Kier molecular flexibility index (Phi) is 4.93. The number of likely N-dealkylation sites (tertiary alicyclic amines) is 1. The summed E-state index contributed by atoms with van der Waals surface area (Å²) in [5.74, 6) is -2.17. The first kappa shape index (κ1) is 13.5. The van der Waals surface area contributed by atoms with Gasteiger partial charge in [0.25, 0.3) is 0 Å². The van der Waals surface area contributed by atoms with Crippen LogP contribution in [-0.2, 0) is 14.4 Å². The smallest absolute Gasteiger partial charge is 0.326 e. The first-order valence-corrected chi connectivity index (χ1v) is 5.76. The minimum atomic E-state index is -0.976. The summed E-state index contributed by atoms with van der Waals surface area (Å²) in [5, 5.41) is 17.4. The van der Waals surface area contributed by atoms with Gasteiger partial charge in [0.15, 0.2) is 0 Å². The van der Waals surface area contributed by atoms with E-state index >= 15 is 0 Å². The number of carbonyl (C=O) groups excluding carboxylic acids is 1. The Morgan fingerprint density at radius 3 is 2.41 bits per heavy atom. The molecular formula is C11H17NO5. The van der Waals surface area contributed by atoms with Crippen molar-refractivity contribution in [2.24, 2.45) is 0 Å². The van der Waals surface area contributed by atoms with Gasteiger partial charge in [-0.15, -0.1) is 0 Å². The summed E-state index contributed by atoms with van der Waals surface area (Å²) in [6.45, 7) is 0.461. The minimum Gasteiger partial charge on any atom is -0.481 e. The lowest BCUT2D eigenvalue weighted by molar-refractivity contribution is -0.152. The second-order valence-corrected chi connectivity index (χ2v) is 4.18. The molecule has 96 valence electrons. The zero-order valence-electron chi connectivity index (χ0n) is 9.59. The molecule has 1 atom stereocenters. The van der Waals surface area contributed by atoms with E-state index in [1.807, 2.05) is 0 Å². The maximum Gasteiger partial charge on any atom is 0.326 e. The molecule has 6 heteroatoms. The molecular weight excluding hydrogens is 226 g/mol. The van der Waals surface area contributed by atoms with Gasteiger partial charge < -0.3 is 15.1 Å². The predicted octanol–water partition coefficient (Wildman–Crippen LogP) is 0.707. The number of piperidine rings is 1. The SMILES string of the molecule is O=C(O)CCCC(=O)N1CCCCC1C(=O)O. The average Bonchev–Trinajstić information content (AvgIpc) is 2.28. The number of aliphatic carboxylic acids is 2. The molecule has 0 bridgehead atoms. The fourth-order valence-electron chi connectivity index (χ4n) is 2.02. The van der Waals surface area contributed by atoms with E-state index in [0.29, 0.717) is 13.0 Å². The molecule has 0 spiro atoms. The van der Waals surface area contributed by atoms with Crippen LogP contribution in [0.5, 0.6) is 0 Å². The molecule has 1 aliphatic rings. The molecule has 1 amide bonds. The Morgan fingerprint density at radius 1 is 1.12 bits per heavy atom. The molecule has 0 aromatic rings. The van der Waals surface area contributed by atoms with Gasteiger partial charge in [-0.25, -0.2) is 4.79 Å². The van der Waals surface area contributed by atoms with Crippen molar-refractivity contribution >= 4 is 17.8 Å². The van der Waals surface area contributed by atoms with Gasteiger partial charge in [0, 0.05) is 19.4 Å². The second kappa shape index (κ2) is 6.22. The molecule has 1 fully saturated rings. The lowest BCUT2D eigenvalue weighted by atomic mass is 10.0. The predicted molar refractivity (Wildman–Crippen MR) is 58.5 cm³/mol. The highest BCUT2D eigenvalue weighted by Gasteiger charge is 2.31. The molecule has 0 aromatic carbocycles. The molecule has 1 unspecified atom stereocenters. The summed E-state index contributed by atoms with van der Waals surface area (Å²) in [7, 11) is 0. The normalized spacial score (nSPS) is 20.0. The summed E-state index contributed by atoms with van der Waals surface area (Å²) in [5.41, 5.74) is 0. The van der Waals surface area contributed by atoms with Crippen molar-refractivity contribution in [3.8, 4) is 0 Å². The Balaban J connectivity index is 2.47. The largest absolute Gasteiger partial charge is 0.481 e. The van der Waals surface area contributed by atoms with Crippen molar-refractivity contribution in [2.45, 2.75) is 44.6 Å². The first-order valence-electron chi connectivity index (χ1n) is 5.76. The van der Waals surface area contributed by atoms with E-state index in [9.17, 15) is 14.4 Å². The standard InChI is InChI=1S/C11H17NO5/c13-9(5-3-6-10(14)15)12-7-2-1-4-8(12)11(16)17/h8H,1-7H2,(H,14,15)(H,16,17). The quantitative estimate of drug-likeness (QED) is 0.741. The number of hydrogen-bond acceptors (Lipinski definition) is 3. The van der Waals surface area contributed by atoms with Crippen LogP contribution in [-0.4, -0.2) is 45.5 Å². The maximum atomic E-state index is 11.8. The summed E-state index contributed by atoms with van der Waals surface area (Å²) in [6.07, 6.45) is 2.43. The molecule has 17 heavy (non-hydrogen) atoms. The zero-order chi connectivity index (χ0) is 12.8. The van der Waals surface area contributed by atoms with Crippen LogP contribution >= 0.6 is 0 Å². The Labute approximate surface area is 99.2 Å². The lowest BCUT2D eigenvalue weighted by Crippen LogP contribution is -2.47. The van der Waals surface area contributed by atoms with E-state index in [0.717, 1.165) is 12.8 Å². The van der Waals surface area contributed by atoms with Gasteiger partial charge >= 0.3 is 11.9 Å². The van der Waals surface area contributed by atoms with E-state index in [1.54, 1.807) is 0 Å². The van der Waals surface area contributed by atoms with E-state index < -0.39 is 18.0 Å². The van der Waals surface area contributed by atoms with Crippen LogP contribution in [0.1, 0.15) is 38.5 Å². The number of hydrogen-bond donors (Lipinski definition) is 2. The van der Waals surface area contributed by atoms with Crippen LogP contribution in [0.2, 0.25) is 0 Å². The topological polar surface area (TPSA) is 94.9 Å². The third-order valence-corrected chi connectivity index (χ3v) is 2.89. The van der Waals surface area contributed by atoms with Gasteiger partial charge in [0.2, 0.25) is 5.91 Å². The number of rotatable bonds is 5. The van der Waals surface area contributed by atoms with E-state index in [4.69, 9.17) is 10.2 Å². The monoisotopic (exact) mass is 243 g/mol. The summed E-state index contributed by atoms with van der Waals surface area (Å²) in [6, 6.07) is -0.735. The molecule has 1 saturated heterocycles. The molecule has 2 N–H and O–H groups in total. The molecule has 0 saturated carbocycles. The van der Waals surface area contributed by atoms with Gasteiger partial charge in [0.1, 0.15) is 6.04 Å². The molecule has 0 radical (unpaired) electrons. The second-order valence-electron chi connectivity index (χ2n) is 4.18. The average molecular weight is 243 g/mol. The highest BCUT2D eigenvalue weighted by atomic mass is 16.4. The first-order chi connectivity index (χ1) is 8.02. The number of carbonyl (C=O) groups is 3. The Hall–Kier alpha value is -1.59. The van der Waals surface area contributed by atoms with Crippen LogP contribution in [0.3, 0.4) is 0 Å². The third kappa shape index (κ3) is 4.05. The molecule has 1 aliphatic heterocycles. The molecule has 0 aliphatic carbocycles. The molecule has 1 rings (SSSR count). The van der Waals surface area contributed by atoms with Crippen molar-refractivity contribution in [2.75, 3.05) is 6.54 Å². The summed E-state index contributed by atoms with van der Waals surface area (Å²) >= 11 is 0. The van der Waals surface area contributed by atoms with Gasteiger partial charge in [-0.2, -0.15) is 0 Å². The van der Waals surface area contributed by atoms with Crippen LogP contribution in [0.25, 0.3) is 0 Å². The van der Waals surface area contributed by atoms with Crippen LogP contribution in [0.4, 0.5) is 0 Å². The zero-order valence-corrected chi connectivity index (χ0v) is 9.59. The fourth-order valence-corrected chi connectivity index (χ4v) is 2.02. The number of amides is 1. The van der Waals surface area contributed by atoms with Crippen LogP contribution in [0.15, 0.2) is 0 Å². The highest BCUT2D eigenvalue weighted by Crippen LogP contribution is 2.18. The number of nitrogens with zero attached hydrogens (tertiary/aromatic N) is 1. The molecule has 0 aromatic heterocycles. The van der Waals surface area contributed by atoms with E-state index in [-0.39, 0.29) is 25.2 Å². The van der Waals surface area contributed by atoms with E-state index in [1.165, 1.54) is 4.90 Å². The number of carboxylic acid groups (broad SMARTS) is 2. The van der Waals surface area contributed by atoms with Crippen molar-refractivity contribution < 1.29 is 24.6 Å². The number of carboxylic acids is 2. The fraction of sp³-hybridized carbons (Fsp3) is 0.727. The van der Waals surface area contributed by atoms with Gasteiger partial charge in [-0.1, -0.05) is 0 Å². The lowest BCUT2D eigenvalue weighted by Gasteiger charge is -2.33. The highest BCUT2D eigenvalue weighted by molar-refractivity contribution is 5.84. The van der Waals surface area contributed by atoms with Crippen molar-refractivity contribution in [1.82, 2.24) is 4.90 Å². The summed E-state index contributed by atoms with van der Waals surface area (Å²) < 4.78 is 0. The maximum absolute atomic E-state index is 11.8. The van der Waals surface area contributed by atoms with Crippen molar-refractivity contribution in [3.05, 3.63) is 0 Å². The third-order valence-electron chi connectivity index (χ3n) is 2.89. The molecule has 6 nitrogen and oxygen atoms in total. The van der Waals surface area contributed by atoms with Gasteiger partial charge in [-0.3, -0.25) is 9.59 Å². The minimum absolute atomic E-state index is 0.0582.